The summed E-state index contributed by atoms with van der Waals surface area (Å²) in [5.41, 5.74) is 8.17. The first kappa shape index (κ1) is 13.7. The Morgan fingerprint density at radius 2 is 2.25 bits per heavy atom. The van der Waals surface area contributed by atoms with Crippen LogP contribution < -0.4 is 5.73 Å². The Morgan fingerprint density at radius 1 is 1.40 bits per heavy atom. The Hall–Kier alpha value is -1.24. The van der Waals surface area contributed by atoms with Gasteiger partial charge in [-0.2, -0.15) is 4.98 Å². The van der Waals surface area contributed by atoms with E-state index in [1.165, 1.54) is 5.56 Å². The number of ether oxygens (including phenoxy) is 1. The first-order chi connectivity index (χ1) is 9.65. The van der Waals surface area contributed by atoms with E-state index >= 15 is 0 Å². The van der Waals surface area contributed by atoms with Gasteiger partial charge >= 0.3 is 0 Å². The zero-order valence-electron chi connectivity index (χ0n) is 11.2. The normalized spacial score (nSPS) is 22.9. The predicted molar refractivity (Wildman–Crippen MR) is 78.3 cm³/mol. The summed E-state index contributed by atoms with van der Waals surface area (Å²) in [5, 5.41) is 4.05. The highest BCUT2D eigenvalue weighted by Gasteiger charge is 2.29. The van der Waals surface area contributed by atoms with E-state index in [0.29, 0.717) is 24.9 Å². The molecule has 1 fully saturated rings. The summed E-state index contributed by atoms with van der Waals surface area (Å²) in [6.45, 7) is 3.28. The van der Waals surface area contributed by atoms with Crippen molar-refractivity contribution in [2.45, 2.75) is 25.3 Å². The third kappa shape index (κ3) is 2.63. The number of nitrogens with zero attached hydrogens (tertiary/aromatic N) is 2. The van der Waals surface area contributed by atoms with E-state index in [-0.39, 0.29) is 12.0 Å². The zero-order chi connectivity index (χ0) is 14.1. The summed E-state index contributed by atoms with van der Waals surface area (Å²) in [4.78, 5) is 4.47. The molecule has 1 aromatic heterocycles. The third-order valence-electron chi connectivity index (χ3n) is 3.60. The molecule has 0 radical (unpaired) electrons. The van der Waals surface area contributed by atoms with E-state index in [4.69, 9.17) is 15.0 Å². The maximum atomic E-state index is 6.09. The van der Waals surface area contributed by atoms with Gasteiger partial charge in [-0.05, 0) is 25.0 Å². The van der Waals surface area contributed by atoms with Crippen molar-refractivity contribution in [3.63, 3.8) is 0 Å². The number of benzene rings is 1. The van der Waals surface area contributed by atoms with Crippen LogP contribution in [0.1, 0.15) is 23.8 Å². The highest BCUT2D eigenvalue weighted by Crippen LogP contribution is 2.27. The molecule has 0 saturated carbocycles. The molecule has 0 bridgehead atoms. The lowest BCUT2D eigenvalue weighted by molar-refractivity contribution is 0.0590. The minimum absolute atomic E-state index is 0.0149. The van der Waals surface area contributed by atoms with E-state index in [2.05, 4.69) is 26.1 Å². The Bertz CT molecular complexity index is 614. The first-order valence-corrected chi connectivity index (χ1v) is 7.38. The topological polar surface area (TPSA) is 74.2 Å². The Labute approximate surface area is 125 Å². The van der Waals surface area contributed by atoms with Crippen molar-refractivity contribution in [2.75, 3.05) is 13.2 Å². The van der Waals surface area contributed by atoms with Crippen LogP contribution in [0.4, 0.5) is 0 Å². The van der Waals surface area contributed by atoms with Crippen molar-refractivity contribution < 1.29 is 9.26 Å². The monoisotopic (exact) mass is 337 g/mol. The fourth-order valence-electron chi connectivity index (χ4n) is 2.24. The molecule has 0 amide bonds. The smallest absolute Gasteiger partial charge is 0.233 e. The molecule has 2 heterocycles. The van der Waals surface area contributed by atoms with Gasteiger partial charge < -0.3 is 15.0 Å². The van der Waals surface area contributed by atoms with Gasteiger partial charge in [-0.1, -0.05) is 33.2 Å². The number of hydrogen-bond acceptors (Lipinski definition) is 5. The summed E-state index contributed by atoms with van der Waals surface area (Å²) in [6.07, 6.45) is 0.818. The van der Waals surface area contributed by atoms with E-state index in [0.717, 1.165) is 16.5 Å². The van der Waals surface area contributed by atoms with Gasteiger partial charge in [0.15, 0.2) is 0 Å². The molecule has 0 aliphatic carbocycles. The average molecular weight is 338 g/mol. The van der Waals surface area contributed by atoms with Crippen molar-refractivity contribution in [2.24, 2.45) is 5.73 Å². The molecule has 2 N–H and O–H groups in total. The predicted octanol–water partition coefficient (Wildman–Crippen LogP) is 2.64. The van der Waals surface area contributed by atoms with Crippen molar-refractivity contribution in [1.82, 2.24) is 10.1 Å². The summed E-state index contributed by atoms with van der Waals surface area (Å²) in [6, 6.07) is 6.00. The molecule has 1 aliphatic rings. The molecular weight excluding hydrogens is 322 g/mol. The van der Waals surface area contributed by atoms with E-state index in [9.17, 15) is 0 Å². The maximum absolute atomic E-state index is 6.09. The van der Waals surface area contributed by atoms with Crippen LogP contribution in [0.15, 0.2) is 27.2 Å². The fraction of sp³-hybridized carbons (Fsp3) is 0.429. The van der Waals surface area contributed by atoms with Gasteiger partial charge in [0, 0.05) is 22.7 Å². The molecule has 1 aliphatic heterocycles. The zero-order valence-corrected chi connectivity index (χ0v) is 12.8. The number of aryl methyl sites for hydroxylation is 1. The van der Waals surface area contributed by atoms with Crippen molar-refractivity contribution in [3.05, 3.63) is 34.1 Å². The Balaban J connectivity index is 1.87. The van der Waals surface area contributed by atoms with Crippen LogP contribution >= 0.6 is 15.9 Å². The summed E-state index contributed by atoms with van der Waals surface area (Å²) in [7, 11) is 0. The third-order valence-corrected chi connectivity index (χ3v) is 4.45. The van der Waals surface area contributed by atoms with Crippen molar-refractivity contribution >= 4 is 15.9 Å². The minimum Gasteiger partial charge on any atom is -0.381 e. The highest BCUT2D eigenvalue weighted by atomic mass is 79.9. The highest BCUT2D eigenvalue weighted by molar-refractivity contribution is 9.10. The Kier molecular flexibility index (Phi) is 3.87. The van der Waals surface area contributed by atoms with Crippen molar-refractivity contribution in [1.29, 1.82) is 0 Å². The molecule has 2 unspecified atom stereocenters. The van der Waals surface area contributed by atoms with Crippen LogP contribution in [0.2, 0.25) is 0 Å². The molecule has 20 heavy (non-hydrogen) atoms. The second-order valence-corrected chi connectivity index (χ2v) is 5.91. The van der Waals surface area contributed by atoms with Crippen LogP contribution in [0.5, 0.6) is 0 Å². The van der Waals surface area contributed by atoms with Crippen LogP contribution in [0.3, 0.4) is 0 Å². The summed E-state index contributed by atoms with van der Waals surface area (Å²) >= 11 is 3.51. The van der Waals surface area contributed by atoms with Crippen LogP contribution in [-0.4, -0.2) is 29.4 Å². The van der Waals surface area contributed by atoms with E-state index in [1.807, 2.05) is 25.1 Å². The lowest BCUT2D eigenvalue weighted by atomic mass is 9.97. The molecular formula is C14H16BrN3O2. The van der Waals surface area contributed by atoms with Gasteiger partial charge in [-0.25, -0.2) is 0 Å². The molecule has 1 aromatic carbocycles. The second kappa shape index (κ2) is 5.63. The molecule has 1 saturated heterocycles. The van der Waals surface area contributed by atoms with Crippen LogP contribution in [-0.2, 0) is 4.74 Å². The quantitative estimate of drug-likeness (QED) is 0.911. The molecule has 5 nitrogen and oxygen atoms in total. The van der Waals surface area contributed by atoms with Gasteiger partial charge in [-0.15, -0.1) is 0 Å². The number of hydrogen-bond donors (Lipinski definition) is 1. The van der Waals surface area contributed by atoms with Gasteiger partial charge in [-0.3, -0.25) is 0 Å². The fourth-order valence-corrected chi connectivity index (χ4v) is 2.62. The van der Waals surface area contributed by atoms with Crippen LogP contribution in [0, 0.1) is 6.92 Å². The van der Waals surface area contributed by atoms with E-state index in [1.54, 1.807) is 0 Å². The first-order valence-electron chi connectivity index (χ1n) is 6.58. The molecule has 2 atom stereocenters. The maximum Gasteiger partial charge on any atom is 0.233 e. The van der Waals surface area contributed by atoms with E-state index < -0.39 is 0 Å². The number of nitrogens with two attached hydrogens (primary N) is 1. The number of halogens is 1. The number of aromatic nitrogens is 2. The summed E-state index contributed by atoms with van der Waals surface area (Å²) in [5.74, 6) is 1.13. The molecule has 3 rings (SSSR count). The molecule has 6 heteroatoms. The van der Waals surface area contributed by atoms with Crippen molar-refractivity contribution in [3.8, 4) is 11.4 Å². The van der Waals surface area contributed by atoms with Gasteiger partial charge in [0.25, 0.3) is 0 Å². The number of rotatable bonds is 2. The van der Waals surface area contributed by atoms with Crippen LogP contribution in [0.25, 0.3) is 11.4 Å². The largest absolute Gasteiger partial charge is 0.381 e. The Morgan fingerprint density at radius 3 is 3.00 bits per heavy atom. The summed E-state index contributed by atoms with van der Waals surface area (Å²) < 4.78 is 11.8. The SMILES string of the molecule is Cc1ccc(-c2noc(C3COCCC3N)n2)cc1Br. The average Bonchev–Trinajstić information content (AvgIpc) is 2.92. The lowest BCUT2D eigenvalue weighted by Crippen LogP contribution is -2.37. The lowest BCUT2D eigenvalue weighted by Gasteiger charge is -2.25. The van der Waals surface area contributed by atoms with Gasteiger partial charge in [0.2, 0.25) is 11.7 Å². The molecule has 2 aromatic rings. The minimum atomic E-state index is -0.0149. The molecule has 0 spiro atoms. The second-order valence-electron chi connectivity index (χ2n) is 5.05. The molecule has 106 valence electrons. The van der Waals surface area contributed by atoms with Gasteiger partial charge in [0.1, 0.15) is 0 Å². The van der Waals surface area contributed by atoms with Gasteiger partial charge in [0.05, 0.1) is 12.5 Å². The standard InChI is InChI=1S/C14H16BrN3O2/c1-8-2-3-9(6-11(8)15)13-17-14(20-18-13)10-7-19-5-4-12(10)16/h2-3,6,10,12H,4-5,7,16H2,1H3.